The summed E-state index contributed by atoms with van der Waals surface area (Å²) in [7, 11) is 0. The van der Waals surface area contributed by atoms with Gasteiger partial charge in [-0.25, -0.2) is 0 Å². The van der Waals surface area contributed by atoms with Crippen molar-refractivity contribution in [2.75, 3.05) is 0 Å². The Bertz CT molecular complexity index is 8.00. The molecule has 0 amide bonds. The fourth-order valence-electron chi connectivity index (χ4n) is 0. The SMILES string of the molecule is [Co+2].[Cr+3].[Cu+2].[O-2]. The molecule has 0 aromatic carbocycles. The van der Waals surface area contributed by atoms with Gasteiger partial charge in [0.05, 0.1) is 0 Å². The summed E-state index contributed by atoms with van der Waals surface area (Å²) in [6.07, 6.45) is 0. The van der Waals surface area contributed by atoms with E-state index >= 15 is 0 Å². The van der Waals surface area contributed by atoms with Gasteiger partial charge >= 0.3 is 51.2 Å². The minimum atomic E-state index is 0. The van der Waals surface area contributed by atoms with Crippen LogP contribution in [-0.4, -0.2) is 0 Å². The first kappa shape index (κ1) is 48.9. The average molecular weight is 190 g/mol. The van der Waals surface area contributed by atoms with Gasteiger partial charge < -0.3 is 5.48 Å². The van der Waals surface area contributed by atoms with E-state index in [0.717, 1.165) is 0 Å². The van der Waals surface area contributed by atoms with E-state index in [1.807, 2.05) is 0 Å². The molecule has 0 N–H and O–H groups in total. The van der Waals surface area contributed by atoms with E-state index < -0.39 is 0 Å². The molecule has 0 atom stereocenters. The molecule has 0 spiro atoms. The summed E-state index contributed by atoms with van der Waals surface area (Å²) in [5.41, 5.74) is 0. The van der Waals surface area contributed by atoms with E-state index in [9.17, 15) is 0 Å². The first-order valence-corrected chi connectivity index (χ1v) is 0. The Balaban J connectivity index is 0. The van der Waals surface area contributed by atoms with Crippen LogP contribution in [0.1, 0.15) is 0 Å². The molecule has 0 fully saturated rings. The predicted molar refractivity (Wildman–Crippen MR) is 0.686 cm³/mol. The summed E-state index contributed by atoms with van der Waals surface area (Å²) in [5.74, 6) is 0. The van der Waals surface area contributed by atoms with Crippen molar-refractivity contribution in [3.63, 3.8) is 0 Å². The molecule has 0 aliphatic carbocycles. The first-order chi connectivity index (χ1) is 0. The van der Waals surface area contributed by atoms with Crippen LogP contribution in [0.4, 0.5) is 0 Å². The summed E-state index contributed by atoms with van der Waals surface area (Å²) in [5, 5.41) is 0. The molecular weight excluding hydrogens is 190 g/mol. The molecule has 0 aliphatic rings. The molecule has 4 heavy (non-hydrogen) atoms. The Morgan fingerprint density at radius 1 is 1.00 bits per heavy atom. The van der Waals surface area contributed by atoms with Gasteiger partial charge in [-0.05, 0) is 0 Å². The second kappa shape index (κ2) is 24.3. The van der Waals surface area contributed by atoms with Crippen molar-refractivity contribution < 1.29 is 56.7 Å². The smallest absolute Gasteiger partial charge is 2.00 e. The fourth-order valence-corrected chi connectivity index (χ4v) is 0. The van der Waals surface area contributed by atoms with Crippen molar-refractivity contribution in [2.24, 2.45) is 0 Å². The first-order valence-electron chi connectivity index (χ1n) is 0. The van der Waals surface area contributed by atoms with Crippen LogP contribution in [0.3, 0.4) is 0 Å². The second-order valence-corrected chi connectivity index (χ2v) is 0. The van der Waals surface area contributed by atoms with Crippen molar-refractivity contribution in [1.29, 1.82) is 0 Å². The largest absolute Gasteiger partial charge is 3.00 e. The molecule has 0 unspecified atom stereocenters. The van der Waals surface area contributed by atoms with Crippen molar-refractivity contribution >= 4 is 0 Å². The summed E-state index contributed by atoms with van der Waals surface area (Å²) >= 11 is 0. The number of hydrogen-bond donors (Lipinski definition) is 0. The van der Waals surface area contributed by atoms with Crippen LogP contribution in [0.15, 0.2) is 0 Å². The zero-order valence-corrected chi connectivity index (χ0v) is 4.71. The summed E-state index contributed by atoms with van der Waals surface area (Å²) in [6, 6.07) is 0. The molecular formula is CoCrCuO+5. The zero-order chi connectivity index (χ0) is 0. The van der Waals surface area contributed by atoms with Crippen LogP contribution in [0, 0.1) is 0 Å². The molecule has 0 heterocycles. The minimum Gasteiger partial charge on any atom is -2.00 e. The number of hydrogen-bond acceptors (Lipinski definition) is 0. The number of rotatable bonds is 0. The Morgan fingerprint density at radius 3 is 1.00 bits per heavy atom. The van der Waals surface area contributed by atoms with Gasteiger partial charge in [0.25, 0.3) is 0 Å². The maximum atomic E-state index is 0. The van der Waals surface area contributed by atoms with Crippen LogP contribution >= 0.6 is 0 Å². The summed E-state index contributed by atoms with van der Waals surface area (Å²) in [6.45, 7) is 0. The normalized spacial score (nSPS) is 0. The molecule has 4 heteroatoms. The van der Waals surface area contributed by atoms with Gasteiger partial charge in [-0.3, -0.25) is 0 Å². The van der Waals surface area contributed by atoms with E-state index in [4.69, 9.17) is 0 Å². The Hall–Kier alpha value is 1.52. The van der Waals surface area contributed by atoms with Gasteiger partial charge in [0, 0.05) is 0 Å². The zero-order valence-electron chi connectivity index (χ0n) is 1.45. The molecule has 0 aliphatic heterocycles. The van der Waals surface area contributed by atoms with E-state index in [-0.39, 0.29) is 56.7 Å². The third-order valence-corrected chi connectivity index (χ3v) is 0. The Kier molecular flexibility index (Phi) is 296. The van der Waals surface area contributed by atoms with Crippen LogP contribution in [0.25, 0.3) is 0 Å². The molecule has 27 valence electrons. The van der Waals surface area contributed by atoms with Gasteiger partial charge in [-0.2, -0.15) is 0 Å². The molecule has 0 saturated carbocycles. The standard InChI is InChI=1S/Co.Cr.Cu.O/q+2;+3;+2;-2. The van der Waals surface area contributed by atoms with Crippen molar-refractivity contribution in [3.05, 3.63) is 0 Å². The maximum Gasteiger partial charge on any atom is 3.00 e. The van der Waals surface area contributed by atoms with E-state index in [1.165, 1.54) is 0 Å². The van der Waals surface area contributed by atoms with Gasteiger partial charge in [0.15, 0.2) is 0 Å². The average Bonchev–Trinajstić information content (AvgIpc) is 0. The van der Waals surface area contributed by atoms with E-state index in [0.29, 0.717) is 0 Å². The van der Waals surface area contributed by atoms with Crippen LogP contribution in [-0.2, 0) is 56.7 Å². The monoisotopic (exact) mass is 190 g/mol. The van der Waals surface area contributed by atoms with Crippen molar-refractivity contribution in [3.8, 4) is 0 Å². The van der Waals surface area contributed by atoms with Gasteiger partial charge in [0.2, 0.25) is 0 Å². The quantitative estimate of drug-likeness (QED) is 0.477. The van der Waals surface area contributed by atoms with E-state index in [2.05, 4.69) is 0 Å². The van der Waals surface area contributed by atoms with Crippen molar-refractivity contribution in [2.45, 2.75) is 0 Å². The Labute approximate surface area is 56.6 Å². The summed E-state index contributed by atoms with van der Waals surface area (Å²) < 4.78 is 0. The van der Waals surface area contributed by atoms with E-state index in [1.54, 1.807) is 0 Å². The fraction of sp³-hybridized carbons (Fsp3) is 0. The molecule has 3 radical (unpaired) electrons. The van der Waals surface area contributed by atoms with Crippen LogP contribution in [0.2, 0.25) is 0 Å². The summed E-state index contributed by atoms with van der Waals surface area (Å²) in [4.78, 5) is 0. The van der Waals surface area contributed by atoms with Gasteiger partial charge in [0.1, 0.15) is 0 Å². The molecule has 0 aromatic rings. The van der Waals surface area contributed by atoms with Crippen LogP contribution < -0.4 is 0 Å². The third kappa shape index (κ3) is 9.68. The minimum absolute atomic E-state index is 0. The van der Waals surface area contributed by atoms with Crippen LogP contribution in [0.5, 0.6) is 0 Å². The topological polar surface area (TPSA) is 28.5 Å². The molecule has 0 saturated heterocycles. The van der Waals surface area contributed by atoms with Gasteiger partial charge in [-0.15, -0.1) is 0 Å². The molecule has 1 nitrogen and oxygen atoms in total. The third-order valence-electron chi connectivity index (χ3n) is 0. The molecule has 0 bridgehead atoms. The Morgan fingerprint density at radius 2 is 1.00 bits per heavy atom. The molecule has 0 rings (SSSR count). The maximum absolute atomic E-state index is 0. The van der Waals surface area contributed by atoms with Crippen molar-refractivity contribution in [1.82, 2.24) is 0 Å². The predicted octanol–water partition coefficient (Wildman–Crippen LogP) is -0.126. The molecule has 0 aromatic heterocycles. The second-order valence-electron chi connectivity index (χ2n) is 0. The van der Waals surface area contributed by atoms with Gasteiger partial charge in [-0.1, -0.05) is 0 Å².